The van der Waals surface area contributed by atoms with Crippen molar-refractivity contribution in [2.45, 2.75) is 62.8 Å². The number of aromatic nitrogens is 2. The summed E-state index contributed by atoms with van der Waals surface area (Å²) in [5.41, 5.74) is 4.35. The molecule has 3 aromatic carbocycles. The van der Waals surface area contributed by atoms with Crippen LogP contribution in [0, 0.1) is 12.8 Å². The van der Waals surface area contributed by atoms with E-state index in [0.717, 1.165) is 23.3 Å². The van der Waals surface area contributed by atoms with Crippen molar-refractivity contribution in [2.75, 3.05) is 11.5 Å². The number of amides is 1. The predicted octanol–water partition coefficient (Wildman–Crippen LogP) is 7.51. The van der Waals surface area contributed by atoms with Crippen molar-refractivity contribution in [2.24, 2.45) is 5.92 Å². The lowest BCUT2D eigenvalue weighted by atomic mass is 9.94. The number of carbonyl (C=O) groups is 2. The number of benzene rings is 3. The maximum atomic E-state index is 13.7. The highest BCUT2D eigenvalue weighted by Gasteiger charge is 2.48. The first-order valence-corrected chi connectivity index (χ1v) is 16.8. The molecule has 2 aliphatic rings. The van der Waals surface area contributed by atoms with Crippen molar-refractivity contribution < 1.29 is 24.2 Å². The van der Waals surface area contributed by atoms with Gasteiger partial charge in [0, 0.05) is 17.7 Å². The van der Waals surface area contributed by atoms with Crippen LogP contribution in [0.15, 0.2) is 76.6 Å². The number of aliphatic hydroxyl groups excluding tert-OH is 1. The van der Waals surface area contributed by atoms with Crippen LogP contribution < -0.4 is 14.4 Å². The second kappa shape index (κ2) is 13.1. The Morgan fingerprint density at radius 3 is 2.69 bits per heavy atom. The van der Waals surface area contributed by atoms with Crippen molar-refractivity contribution in [3.63, 3.8) is 0 Å². The van der Waals surface area contributed by atoms with Crippen molar-refractivity contribution >= 4 is 45.7 Å². The molecule has 6 rings (SSSR count). The Hall–Kier alpha value is -4.15. The number of thioether (sulfide) groups is 1. The molecule has 1 N–H and O–H groups in total. The van der Waals surface area contributed by atoms with E-state index >= 15 is 0 Å². The molecule has 1 fully saturated rings. The van der Waals surface area contributed by atoms with Crippen LogP contribution in [0.4, 0.5) is 5.13 Å². The number of carbonyl (C=O) groups excluding carboxylic acids is 2. The van der Waals surface area contributed by atoms with E-state index in [1.807, 2.05) is 44.2 Å². The van der Waals surface area contributed by atoms with Gasteiger partial charge in [-0.15, -0.1) is 10.2 Å². The molecule has 0 unspecified atom stereocenters. The molecule has 10 heteroatoms. The Bertz CT molecular complexity index is 1770. The fraction of sp³-hybridized carbons (Fsp3) is 0.314. The lowest BCUT2D eigenvalue weighted by Crippen LogP contribution is -2.29. The largest absolute Gasteiger partial charge is 0.507 e. The summed E-state index contributed by atoms with van der Waals surface area (Å²) in [7, 11) is 0. The van der Waals surface area contributed by atoms with Crippen molar-refractivity contribution in [3.8, 4) is 11.5 Å². The maximum absolute atomic E-state index is 13.7. The van der Waals surface area contributed by atoms with Gasteiger partial charge in [-0.05, 0) is 73.2 Å². The molecule has 45 heavy (non-hydrogen) atoms. The Kier molecular flexibility index (Phi) is 8.96. The minimum atomic E-state index is -0.926. The second-order valence-corrected chi connectivity index (χ2v) is 14.0. The van der Waals surface area contributed by atoms with Crippen molar-refractivity contribution in [3.05, 3.63) is 100 Å². The zero-order chi connectivity index (χ0) is 31.7. The fourth-order valence-electron chi connectivity index (χ4n) is 5.44. The van der Waals surface area contributed by atoms with Gasteiger partial charge in [0.05, 0.1) is 18.2 Å². The van der Waals surface area contributed by atoms with Gasteiger partial charge < -0.3 is 14.6 Å². The van der Waals surface area contributed by atoms with Gasteiger partial charge in [0.25, 0.3) is 5.78 Å². The lowest BCUT2D eigenvalue weighted by molar-refractivity contribution is -0.132. The molecular formula is C35H35N3O5S2. The summed E-state index contributed by atoms with van der Waals surface area (Å²) in [5, 5.41) is 20.7. The van der Waals surface area contributed by atoms with E-state index in [-0.39, 0.29) is 22.6 Å². The fourth-order valence-corrected chi connectivity index (χ4v) is 7.27. The summed E-state index contributed by atoms with van der Waals surface area (Å²) < 4.78 is 12.5. The summed E-state index contributed by atoms with van der Waals surface area (Å²) in [6, 6.07) is 20.0. The van der Waals surface area contributed by atoms with E-state index in [9.17, 15) is 14.7 Å². The first kappa shape index (κ1) is 30.9. The van der Waals surface area contributed by atoms with E-state index in [0.29, 0.717) is 45.9 Å². The number of hydrogen-bond donors (Lipinski definition) is 1. The molecule has 0 bridgehead atoms. The molecule has 3 heterocycles. The van der Waals surface area contributed by atoms with Crippen LogP contribution in [-0.2, 0) is 21.8 Å². The van der Waals surface area contributed by atoms with Crippen LogP contribution in [-0.4, -0.2) is 39.7 Å². The van der Waals surface area contributed by atoms with Gasteiger partial charge in [0.2, 0.25) is 5.13 Å². The zero-order valence-corrected chi connectivity index (χ0v) is 27.3. The van der Waals surface area contributed by atoms with E-state index in [2.05, 4.69) is 48.3 Å². The van der Waals surface area contributed by atoms with Crippen molar-refractivity contribution in [1.29, 1.82) is 0 Å². The predicted molar refractivity (Wildman–Crippen MR) is 177 cm³/mol. The number of aliphatic hydroxyl groups is 1. The van der Waals surface area contributed by atoms with Gasteiger partial charge >= 0.3 is 5.91 Å². The van der Waals surface area contributed by atoms with Crippen LogP contribution >= 0.6 is 23.1 Å². The van der Waals surface area contributed by atoms with Gasteiger partial charge in [0.15, 0.2) is 4.34 Å². The smallest absolute Gasteiger partial charge is 0.301 e. The average Bonchev–Trinajstić information content (AvgIpc) is 3.71. The number of aryl methyl sites for hydroxylation is 1. The standard InChI is InChI=1S/C35H35N3O5S2/c1-20(2)14-15-42-27-7-5-6-24(18-27)30-29(31(39)25-12-13-28-26(17-25)16-22(4)43-28)32(40)33(41)38(30)34-36-37-35(45-34)44-19-23-10-8-21(3)9-11-23/h5-13,17-18,20,22,30,39H,14-16,19H2,1-4H3/b31-29+/t22-,30-/m1/s1. The average molecular weight is 642 g/mol. The molecule has 4 aromatic rings. The number of ketones is 1. The van der Waals surface area contributed by atoms with E-state index in [4.69, 9.17) is 9.47 Å². The van der Waals surface area contributed by atoms with Gasteiger partial charge in [-0.3, -0.25) is 14.5 Å². The number of hydrogen-bond acceptors (Lipinski definition) is 9. The van der Waals surface area contributed by atoms with Crippen LogP contribution in [0.1, 0.15) is 61.1 Å². The summed E-state index contributed by atoms with van der Waals surface area (Å²) in [6.45, 7) is 8.83. The molecule has 8 nitrogen and oxygen atoms in total. The van der Waals surface area contributed by atoms with E-state index in [1.165, 1.54) is 33.6 Å². The van der Waals surface area contributed by atoms with Crippen LogP contribution in [0.2, 0.25) is 0 Å². The summed E-state index contributed by atoms with van der Waals surface area (Å²) in [4.78, 5) is 28.8. The third kappa shape index (κ3) is 6.62. The molecule has 232 valence electrons. The van der Waals surface area contributed by atoms with Gasteiger partial charge in [0.1, 0.15) is 23.4 Å². The third-order valence-electron chi connectivity index (χ3n) is 7.84. The van der Waals surface area contributed by atoms with Crippen molar-refractivity contribution in [1.82, 2.24) is 10.2 Å². The number of nitrogens with zero attached hydrogens (tertiary/aromatic N) is 3. The highest BCUT2D eigenvalue weighted by Crippen LogP contribution is 2.45. The Morgan fingerprint density at radius 2 is 1.91 bits per heavy atom. The van der Waals surface area contributed by atoms with Crippen LogP contribution in [0.25, 0.3) is 5.76 Å². The molecule has 1 saturated heterocycles. The monoisotopic (exact) mass is 641 g/mol. The van der Waals surface area contributed by atoms with Gasteiger partial charge in [-0.2, -0.15) is 0 Å². The Balaban J connectivity index is 1.37. The van der Waals surface area contributed by atoms with Gasteiger partial charge in [-0.1, -0.05) is 78.9 Å². The van der Waals surface area contributed by atoms with Crippen LogP contribution in [0.3, 0.4) is 0 Å². The normalized spacial score (nSPS) is 18.8. The number of Topliss-reactive ketones (excluding diaryl/α,β-unsaturated/α-hetero) is 1. The Morgan fingerprint density at radius 1 is 1.11 bits per heavy atom. The lowest BCUT2D eigenvalue weighted by Gasteiger charge is -2.23. The molecular weight excluding hydrogens is 607 g/mol. The third-order valence-corrected chi connectivity index (χ3v) is 9.96. The number of ether oxygens (including phenoxy) is 2. The highest BCUT2D eigenvalue weighted by atomic mass is 32.2. The summed E-state index contributed by atoms with van der Waals surface area (Å²) in [6.07, 6.45) is 1.60. The number of fused-ring (bicyclic) bond motifs is 1. The number of anilines is 1. The molecule has 0 saturated carbocycles. The van der Waals surface area contributed by atoms with Gasteiger partial charge in [-0.25, -0.2) is 0 Å². The highest BCUT2D eigenvalue weighted by molar-refractivity contribution is 8.00. The SMILES string of the molecule is Cc1ccc(CSc2nnc(N3C(=O)C(=O)/C(=C(/O)c4ccc5c(c4)C[C@@H](C)O5)[C@H]3c3cccc(OCCC(C)C)c3)s2)cc1. The molecule has 1 amide bonds. The molecule has 0 aliphatic carbocycles. The Labute approximate surface area is 271 Å². The quantitative estimate of drug-likeness (QED) is 0.0624. The van der Waals surface area contributed by atoms with E-state index < -0.39 is 17.7 Å². The molecule has 0 radical (unpaired) electrons. The topological polar surface area (TPSA) is 102 Å². The minimum absolute atomic E-state index is 0.00435. The molecule has 1 aromatic heterocycles. The van der Waals surface area contributed by atoms with E-state index in [1.54, 1.807) is 12.1 Å². The molecule has 2 atom stereocenters. The summed E-state index contributed by atoms with van der Waals surface area (Å²) >= 11 is 2.76. The first-order chi connectivity index (χ1) is 21.7. The second-order valence-electron chi connectivity index (χ2n) is 11.9. The van der Waals surface area contributed by atoms with Crippen LogP contribution in [0.5, 0.6) is 11.5 Å². The molecule has 0 spiro atoms. The minimum Gasteiger partial charge on any atom is -0.507 e. The summed E-state index contributed by atoms with van der Waals surface area (Å²) in [5.74, 6) is 0.757. The molecule has 2 aliphatic heterocycles. The maximum Gasteiger partial charge on any atom is 0.301 e. The first-order valence-electron chi connectivity index (χ1n) is 15.0. The number of rotatable bonds is 10. The zero-order valence-electron chi connectivity index (χ0n) is 25.6.